The van der Waals surface area contributed by atoms with Gasteiger partial charge in [-0.15, -0.1) is 6.42 Å². The minimum absolute atomic E-state index is 0.121. The summed E-state index contributed by atoms with van der Waals surface area (Å²) in [7, 11) is 7.07. The van der Waals surface area contributed by atoms with Gasteiger partial charge in [0.2, 0.25) is 11.8 Å². The van der Waals surface area contributed by atoms with E-state index in [1.54, 1.807) is 45.9 Å². The number of nitrogens with two attached hydrogens (primary N) is 1. The summed E-state index contributed by atoms with van der Waals surface area (Å²) in [5, 5.41) is 16.8. The van der Waals surface area contributed by atoms with E-state index in [0.717, 1.165) is 24.2 Å². The zero-order valence-electron chi connectivity index (χ0n) is 23.6. The molecule has 0 fully saturated rings. The first-order valence-corrected chi connectivity index (χ1v) is 15.8. The van der Waals surface area contributed by atoms with Gasteiger partial charge in [0, 0.05) is 49.8 Å². The third kappa shape index (κ3) is 13.6. The highest BCUT2D eigenvalue weighted by Crippen LogP contribution is 2.22. The van der Waals surface area contributed by atoms with Crippen molar-refractivity contribution in [1.82, 2.24) is 16.0 Å². The number of hydrogen-bond donors (Lipinski definition) is 4. The van der Waals surface area contributed by atoms with Crippen LogP contribution in [0.15, 0.2) is 58.8 Å². The number of nitrogens with one attached hydrogen (secondary N) is 3. The molecule has 1 atom stereocenters. The van der Waals surface area contributed by atoms with Crippen LogP contribution in [-0.2, 0) is 9.59 Å². The Morgan fingerprint density at radius 1 is 0.951 bits per heavy atom. The smallest absolute Gasteiger partial charge is 0.251 e. The number of azo groups is 1. The molecule has 1 unspecified atom stereocenters. The summed E-state index contributed by atoms with van der Waals surface area (Å²) in [6.07, 6.45) is 7.51. The van der Waals surface area contributed by atoms with Crippen molar-refractivity contribution in [2.24, 2.45) is 16.0 Å². The third-order valence-corrected chi connectivity index (χ3v) is 8.11. The maximum absolute atomic E-state index is 12.4. The predicted molar refractivity (Wildman–Crippen MR) is 170 cm³/mol. The fourth-order valence-electron chi connectivity index (χ4n) is 3.46. The van der Waals surface area contributed by atoms with Crippen molar-refractivity contribution in [1.29, 1.82) is 0 Å². The molecule has 0 aromatic heterocycles. The van der Waals surface area contributed by atoms with Crippen LogP contribution in [0.3, 0.4) is 0 Å². The molecule has 3 amide bonds. The molecule has 2 aromatic rings. The molecule has 2 rings (SSSR count). The van der Waals surface area contributed by atoms with E-state index in [0.29, 0.717) is 42.3 Å². The Morgan fingerprint density at radius 3 is 2.20 bits per heavy atom. The number of carbonyl (C=O) groups is 3. The Bertz CT molecular complexity index is 1170. The van der Waals surface area contributed by atoms with Crippen LogP contribution in [-0.4, -0.2) is 69.0 Å². The van der Waals surface area contributed by atoms with E-state index in [1.807, 2.05) is 43.3 Å². The quantitative estimate of drug-likeness (QED) is 0.0880. The summed E-state index contributed by atoms with van der Waals surface area (Å²) in [5.74, 6) is 3.00. The van der Waals surface area contributed by atoms with Crippen LogP contribution in [0.25, 0.3) is 0 Å². The Labute approximate surface area is 250 Å². The fraction of sp³-hybridized carbons (Fsp3) is 0.414. The minimum Gasteiger partial charge on any atom is -0.378 e. The second-order valence-corrected chi connectivity index (χ2v) is 11.8. The third-order valence-electron chi connectivity index (χ3n) is 5.71. The summed E-state index contributed by atoms with van der Waals surface area (Å²) in [4.78, 5) is 39.0. The van der Waals surface area contributed by atoms with Gasteiger partial charge in [-0.25, -0.2) is 0 Å². The van der Waals surface area contributed by atoms with Gasteiger partial charge < -0.3 is 26.6 Å². The average molecular weight is 598 g/mol. The van der Waals surface area contributed by atoms with E-state index in [9.17, 15) is 14.4 Å². The number of hydrogen-bond acceptors (Lipinski definition) is 9. The van der Waals surface area contributed by atoms with Gasteiger partial charge in [0.1, 0.15) is 6.04 Å². The molecule has 5 N–H and O–H groups in total. The van der Waals surface area contributed by atoms with Crippen LogP contribution in [0.1, 0.15) is 36.0 Å². The molecule has 0 aliphatic heterocycles. The van der Waals surface area contributed by atoms with E-state index in [2.05, 4.69) is 32.1 Å². The van der Waals surface area contributed by atoms with Gasteiger partial charge in [-0.3, -0.25) is 14.4 Å². The molecule has 0 saturated heterocycles. The molecule has 0 saturated carbocycles. The van der Waals surface area contributed by atoms with Crippen LogP contribution in [0.5, 0.6) is 0 Å². The molecule has 0 radical (unpaired) electrons. The topological polar surface area (TPSA) is 141 Å². The highest BCUT2D eigenvalue weighted by atomic mass is 33.1. The Hall–Kier alpha value is -3.53. The Kier molecular flexibility index (Phi) is 16.0. The number of nitrogens with zero attached hydrogens (tertiary/aromatic N) is 3. The summed E-state index contributed by atoms with van der Waals surface area (Å²) in [5.41, 5.74) is 8.56. The molecule has 0 spiro atoms. The van der Waals surface area contributed by atoms with Crippen molar-refractivity contribution < 1.29 is 14.4 Å². The van der Waals surface area contributed by atoms with Crippen LogP contribution in [0, 0.1) is 12.3 Å². The van der Waals surface area contributed by atoms with E-state index >= 15 is 0 Å². The first-order valence-electron chi connectivity index (χ1n) is 13.4. The number of anilines is 1. The summed E-state index contributed by atoms with van der Waals surface area (Å²) in [6.45, 7) is 1.15. The molecule has 0 bridgehead atoms. The maximum Gasteiger partial charge on any atom is 0.251 e. The van der Waals surface area contributed by atoms with E-state index in [4.69, 9.17) is 12.2 Å². The number of benzene rings is 2. The average Bonchev–Trinajstić information content (AvgIpc) is 2.98. The lowest BCUT2D eigenvalue weighted by atomic mass is 10.1. The van der Waals surface area contributed by atoms with Crippen molar-refractivity contribution >= 4 is 56.4 Å². The Balaban J connectivity index is 1.64. The number of unbranched alkanes of at least 4 members (excludes halogenated alkanes) is 1. The monoisotopic (exact) mass is 597 g/mol. The lowest BCUT2D eigenvalue weighted by Crippen LogP contribution is -2.47. The van der Waals surface area contributed by atoms with Gasteiger partial charge in [0.25, 0.3) is 5.91 Å². The van der Waals surface area contributed by atoms with Crippen molar-refractivity contribution in [2.45, 2.75) is 31.7 Å². The lowest BCUT2D eigenvalue weighted by molar-refractivity contribution is -0.128. The van der Waals surface area contributed by atoms with Gasteiger partial charge >= 0.3 is 0 Å². The van der Waals surface area contributed by atoms with Crippen LogP contribution < -0.4 is 26.6 Å². The molecular weight excluding hydrogens is 558 g/mol. The molecule has 12 heteroatoms. The number of carbonyl (C=O) groups excluding carboxylic acids is 3. The van der Waals surface area contributed by atoms with Crippen LogP contribution in [0.4, 0.5) is 17.1 Å². The maximum atomic E-state index is 12.4. The zero-order valence-corrected chi connectivity index (χ0v) is 25.2. The SMILES string of the molecule is C#CCNC(=O)C(CCCCN)NC(=O)CCSSCCNC(=O)c1ccc(N=Nc2ccc(N(C)C)cc2)cc1. The normalized spacial score (nSPS) is 11.5. The van der Waals surface area contributed by atoms with Crippen molar-refractivity contribution in [3.8, 4) is 12.3 Å². The Morgan fingerprint density at radius 2 is 1.59 bits per heavy atom. The van der Waals surface area contributed by atoms with Crippen molar-refractivity contribution in [3.05, 3.63) is 54.1 Å². The van der Waals surface area contributed by atoms with Crippen LogP contribution in [0.2, 0.25) is 0 Å². The molecule has 0 aliphatic carbocycles. The molecular formula is C29H39N7O3S2. The first-order chi connectivity index (χ1) is 19.8. The highest BCUT2D eigenvalue weighted by Gasteiger charge is 2.19. The largest absolute Gasteiger partial charge is 0.378 e. The second-order valence-electron chi connectivity index (χ2n) is 9.13. The van der Waals surface area contributed by atoms with Gasteiger partial charge in [-0.2, -0.15) is 10.2 Å². The minimum atomic E-state index is -0.618. The summed E-state index contributed by atoms with van der Waals surface area (Å²) >= 11 is 0. The van der Waals surface area contributed by atoms with Gasteiger partial charge in [0.15, 0.2) is 0 Å². The predicted octanol–water partition coefficient (Wildman–Crippen LogP) is 4.03. The summed E-state index contributed by atoms with van der Waals surface area (Å²) < 4.78 is 0. The molecule has 41 heavy (non-hydrogen) atoms. The van der Waals surface area contributed by atoms with E-state index < -0.39 is 6.04 Å². The van der Waals surface area contributed by atoms with E-state index in [1.165, 1.54) is 0 Å². The van der Waals surface area contributed by atoms with Crippen molar-refractivity contribution in [3.63, 3.8) is 0 Å². The van der Waals surface area contributed by atoms with Gasteiger partial charge in [-0.1, -0.05) is 27.5 Å². The fourth-order valence-corrected chi connectivity index (χ4v) is 5.36. The second kappa shape index (κ2) is 19.5. The number of amides is 3. The number of rotatable bonds is 18. The lowest BCUT2D eigenvalue weighted by Gasteiger charge is -2.17. The van der Waals surface area contributed by atoms with Crippen molar-refractivity contribution in [2.75, 3.05) is 50.1 Å². The van der Waals surface area contributed by atoms with Gasteiger partial charge in [0.05, 0.1) is 17.9 Å². The van der Waals surface area contributed by atoms with Gasteiger partial charge in [-0.05, 0) is 74.3 Å². The zero-order chi connectivity index (χ0) is 29.9. The molecule has 0 aliphatic rings. The molecule has 220 valence electrons. The first kappa shape index (κ1) is 33.7. The molecule has 10 nitrogen and oxygen atoms in total. The number of terminal acetylenes is 1. The van der Waals surface area contributed by atoms with Crippen LogP contribution >= 0.6 is 21.6 Å². The molecule has 2 aromatic carbocycles. The molecule has 0 heterocycles. The summed E-state index contributed by atoms with van der Waals surface area (Å²) in [6, 6.07) is 14.1. The highest BCUT2D eigenvalue weighted by molar-refractivity contribution is 8.76. The standard InChI is InChI=1S/C29H39N7O3S2/c1-4-18-31-29(39)26(7-5-6-17-30)33-27(37)16-20-40-41-21-19-32-28(38)22-8-10-23(11-9-22)34-35-24-12-14-25(15-13-24)36(2)3/h1,8-15,26H,5-7,16-21,30H2,2-3H3,(H,31,39)(H,32,38)(H,33,37). The van der Waals surface area contributed by atoms with E-state index in [-0.39, 0.29) is 30.7 Å².